The van der Waals surface area contributed by atoms with Crippen LogP contribution in [0.1, 0.15) is 15.7 Å². The molecule has 146 valence electrons. The van der Waals surface area contributed by atoms with Crippen molar-refractivity contribution in [1.82, 2.24) is 25.0 Å². The molecule has 1 aliphatic heterocycles. The lowest BCUT2D eigenvalue weighted by Crippen LogP contribution is -2.49. The summed E-state index contributed by atoms with van der Waals surface area (Å²) in [5.41, 5.74) is 1.69. The Morgan fingerprint density at radius 2 is 1.90 bits per heavy atom. The maximum Gasteiger partial charge on any atom is 0.282 e. The normalized spacial score (nSPS) is 14.5. The summed E-state index contributed by atoms with van der Waals surface area (Å²) in [7, 11) is 0. The molecule has 0 atom stereocenters. The van der Waals surface area contributed by atoms with E-state index in [-0.39, 0.29) is 5.91 Å². The minimum Gasteiger partial charge on any atom is -0.353 e. The molecule has 0 unspecified atom stereocenters. The van der Waals surface area contributed by atoms with Gasteiger partial charge in [0.2, 0.25) is 11.7 Å². The van der Waals surface area contributed by atoms with Gasteiger partial charge in [0.25, 0.3) is 5.91 Å². The van der Waals surface area contributed by atoms with Gasteiger partial charge in [0.1, 0.15) is 5.82 Å². The van der Waals surface area contributed by atoms with Crippen molar-refractivity contribution < 1.29 is 9.32 Å². The van der Waals surface area contributed by atoms with E-state index in [9.17, 15) is 4.79 Å². The summed E-state index contributed by atoms with van der Waals surface area (Å²) in [6.07, 6.45) is 1.75. The molecule has 1 aliphatic rings. The number of hydrogen-bond acceptors (Lipinski definition) is 8. The van der Waals surface area contributed by atoms with Crippen LogP contribution >= 0.6 is 11.3 Å². The van der Waals surface area contributed by atoms with Crippen molar-refractivity contribution in [2.45, 2.75) is 6.92 Å². The van der Waals surface area contributed by atoms with Gasteiger partial charge in [-0.1, -0.05) is 17.3 Å². The first-order chi connectivity index (χ1) is 14.2. The number of para-hydroxylation sites is 1. The van der Waals surface area contributed by atoms with Crippen LogP contribution < -0.4 is 4.90 Å². The quantitative estimate of drug-likeness (QED) is 0.517. The molecule has 0 aliphatic carbocycles. The molecule has 1 amide bonds. The van der Waals surface area contributed by atoms with Crippen LogP contribution in [0.3, 0.4) is 0 Å². The molecule has 4 aromatic rings. The number of hydrogen-bond donors (Lipinski definition) is 0. The van der Waals surface area contributed by atoms with Gasteiger partial charge in [-0.15, -0.1) is 11.3 Å². The van der Waals surface area contributed by atoms with Crippen molar-refractivity contribution >= 4 is 33.3 Å². The molecular formula is C20H18N6O2S. The summed E-state index contributed by atoms with van der Waals surface area (Å²) in [6, 6.07) is 11.7. The Labute approximate surface area is 170 Å². The summed E-state index contributed by atoms with van der Waals surface area (Å²) in [5, 5.41) is 4.47. The number of nitrogens with zero attached hydrogens (tertiary/aromatic N) is 6. The molecule has 0 radical (unpaired) electrons. The van der Waals surface area contributed by atoms with Gasteiger partial charge in [0.15, 0.2) is 5.01 Å². The van der Waals surface area contributed by atoms with E-state index in [0.717, 1.165) is 34.7 Å². The van der Waals surface area contributed by atoms with Crippen LogP contribution in [-0.2, 0) is 0 Å². The molecular weight excluding hydrogens is 388 g/mol. The van der Waals surface area contributed by atoms with Crippen LogP contribution in [0.2, 0.25) is 0 Å². The largest absolute Gasteiger partial charge is 0.353 e. The Kier molecular flexibility index (Phi) is 4.44. The van der Waals surface area contributed by atoms with Crippen molar-refractivity contribution in [3.63, 3.8) is 0 Å². The van der Waals surface area contributed by atoms with E-state index in [0.29, 0.717) is 29.8 Å². The van der Waals surface area contributed by atoms with Gasteiger partial charge in [0.05, 0.1) is 10.2 Å². The predicted molar refractivity (Wildman–Crippen MR) is 110 cm³/mol. The SMILES string of the molecule is Cc1nc(-c2ccc(N3CCN(C(=O)c4nc5ccccc5s4)CC3)nc2)no1. The lowest BCUT2D eigenvalue weighted by Gasteiger charge is -2.35. The minimum absolute atomic E-state index is 0.00151. The molecule has 4 heterocycles. The van der Waals surface area contributed by atoms with Crippen molar-refractivity contribution in [2.24, 2.45) is 0 Å². The molecule has 5 rings (SSSR count). The highest BCUT2D eigenvalue weighted by Crippen LogP contribution is 2.24. The van der Waals surface area contributed by atoms with E-state index in [4.69, 9.17) is 4.52 Å². The Morgan fingerprint density at radius 3 is 2.59 bits per heavy atom. The summed E-state index contributed by atoms with van der Waals surface area (Å²) < 4.78 is 6.05. The van der Waals surface area contributed by atoms with E-state index in [1.54, 1.807) is 13.1 Å². The Hall–Kier alpha value is -3.33. The second kappa shape index (κ2) is 7.25. The fourth-order valence-corrected chi connectivity index (χ4v) is 4.29. The standard InChI is InChI=1S/C20H18N6O2S/c1-13-22-18(24-28-13)14-6-7-17(21-12-14)25-8-10-26(11-9-25)20(27)19-23-15-4-2-3-5-16(15)29-19/h2-7,12H,8-11H2,1H3. The Morgan fingerprint density at radius 1 is 1.07 bits per heavy atom. The summed E-state index contributed by atoms with van der Waals surface area (Å²) >= 11 is 1.45. The van der Waals surface area contributed by atoms with Crippen molar-refractivity contribution in [2.75, 3.05) is 31.1 Å². The summed E-state index contributed by atoms with van der Waals surface area (Å²) in [4.78, 5) is 30.1. The highest BCUT2D eigenvalue weighted by molar-refractivity contribution is 7.20. The minimum atomic E-state index is 0.00151. The van der Waals surface area contributed by atoms with E-state index in [2.05, 4.69) is 25.0 Å². The van der Waals surface area contributed by atoms with Crippen molar-refractivity contribution in [1.29, 1.82) is 0 Å². The van der Waals surface area contributed by atoms with Crippen LogP contribution in [-0.4, -0.2) is 57.1 Å². The van der Waals surface area contributed by atoms with E-state index in [1.165, 1.54) is 11.3 Å². The van der Waals surface area contributed by atoms with E-state index >= 15 is 0 Å². The molecule has 1 fully saturated rings. The molecule has 0 N–H and O–H groups in total. The third-order valence-corrected chi connectivity index (χ3v) is 5.93. The highest BCUT2D eigenvalue weighted by atomic mass is 32.1. The zero-order chi connectivity index (χ0) is 19.8. The lowest BCUT2D eigenvalue weighted by molar-refractivity contribution is 0.0746. The third-order valence-electron chi connectivity index (χ3n) is 4.90. The fourth-order valence-electron chi connectivity index (χ4n) is 3.36. The zero-order valence-electron chi connectivity index (χ0n) is 15.8. The number of anilines is 1. The van der Waals surface area contributed by atoms with Crippen LogP contribution in [0, 0.1) is 6.92 Å². The Balaban J connectivity index is 1.24. The summed E-state index contributed by atoms with van der Waals surface area (Å²) in [5.74, 6) is 1.94. The number of rotatable bonds is 3. The van der Waals surface area contributed by atoms with Gasteiger partial charge in [-0.2, -0.15) is 4.98 Å². The maximum atomic E-state index is 12.8. The van der Waals surface area contributed by atoms with Crippen LogP contribution in [0.5, 0.6) is 0 Å². The average molecular weight is 406 g/mol. The molecule has 0 spiro atoms. The van der Waals surface area contributed by atoms with Crippen LogP contribution in [0.4, 0.5) is 5.82 Å². The van der Waals surface area contributed by atoms with Gasteiger partial charge in [-0.3, -0.25) is 4.79 Å². The number of carbonyl (C=O) groups is 1. The molecule has 1 saturated heterocycles. The first kappa shape index (κ1) is 17.7. The van der Waals surface area contributed by atoms with Crippen molar-refractivity contribution in [3.05, 3.63) is 53.5 Å². The molecule has 8 nitrogen and oxygen atoms in total. The highest BCUT2D eigenvalue weighted by Gasteiger charge is 2.25. The second-order valence-corrected chi connectivity index (χ2v) is 7.84. The molecule has 1 aromatic carbocycles. The smallest absolute Gasteiger partial charge is 0.282 e. The van der Waals surface area contributed by atoms with E-state index in [1.807, 2.05) is 41.3 Å². The fraction of sp³-hybridized carbons (Fsp3) is 0.250. The number of amides is 1. The number of benzene rings is 1. The first-order valence-electron chi connectivity index (χ1n) is 9.34. The van der Waals surface area contributed by atoms with Gasteiger partial charge in [-0.25, -0.2) is 9.97 Å². The van der Waals surface area contributed by atoms with Gasteiger partial charge in [-0.05, 0) is 24.3 Å². The molecule has 3 aromatic heterocycles. The summed E-state index contributed by atoms with van der Waals surface area (Å²) in [6.45, 7) is 4.49. The lowest BCUT2D eigenvalue weighted by atomic mass is 10.2. The number of pyridine rings is 1. The first-order valence-corrected chi connectivity index (χ1v) is 10.2. The molecule has 9 heteroatoms. The average Bonchev–Trinajstić information content (AvgIpc) is 3.40. The van der Waals surface area contributed by atoms with Gasteiger partial charge >= 0.3 is 0 Å². The van der Waals surface area contributed by atoms with Crippen LogP contribution in [0.15, 0.2) is 47.1 Å². The Bertz CT molecular complexity index is 1130. The van der Waals surface area contributed by atoms with Crippen LogP contribution in [0.25, 0.3) is 21.6 Å². The predicted octanol–water partition coefficient (Wildman–Crippen LogP) is 3.01. The number of aryl methyl sites for hydroxylation is 1. The van der Waals surface area contributed by atoms with Crippen molar-refractivity contribution in [3.8, 4) is 11.4 Å². The number of carbonyl (C=O) groups excluding carboxylic acids is 1. The maximum absolute atomic E-state index is 12.8. The number of piperazine rings is 1. The number of thiazole rings is 1. The monoisotopic (exact) mass is 406 g/mol. The number of aromatic nitrogens is 4. The second-order valence-electron chi connectivity index (χ2n) is 6.81. The third kappa shape index (κ3) is 3.44. The zero-order valence-corrected chi connectivity index (χ0v) is 16.6. The molecule has 0 saturated carbocycles. The molecule has 29 heavy (non-hydrogen) atoms. The van der Waals surface area contributed by atoms with Gasteiger partial charge < -0.3 is 14.3 Å². The molecule has 0 bridgehead atoms. The van der Waals surface area contributed by atoms with E-state index < -0.39 is 0 Å². The van der Waals surface area contributed by atoms with Gasteiger partial charge in [0, 0.05) is 44.9 Å². The number of fused-ring (bicyclic) bond motifs is 1. The topological polar surface area (TPSA) is 88.3 Å².